The van der Waals surface area contributed by atoms with E-state index in [1.165, 1.54) is 6.07 Å². The molecule has 2 amide bonds. The fourth-order valence-electron chi connectivity index (χ4n) is 3.29. The third-order valence-corrected chi connectivity index (χ3v) is 4.56. The van der Waals surface area contributed by atoms with Gasteiger partial charge in [0, 0.05) is 23.2 Å². The Kier molecular flexibility index (Phi) is 4.57. The summed E-state index contributed by atoms with van der Waals surface area (Å²) in [6.45, 7) is 2.69. The molecule has 0 aromatic heterocycles. The van der Waals surface area contributed by atoms with Gasteiger partial charge >= 0.3 is 6.03 Å². The second-order valence-corrected chi connectivity index (χ2v) is 5.90. The van der Waals surface area contributed by atoms with Crippen molar-refractivity contribution in [3.63, 3.8) is 0 Å². The van der Waals surface area contributed by atoms with E-state index in [2.05, 4.69) is 6.07 Å². The maximum absolute atomic E-state index is 11.7. The number of amides is 2. The zero-order chi connectivity index (χ0) is 18.1. The van der Waals surface area contributed by atoms with Crippen LogP contribution in [0.5, 0.6) is 0 Å². The Morgan fingerprint density at radius 1 is 1.54 bits per heavy atom. The highest BCUT2D eigenvalue weighted by Crippen LogP contribution is 2.48. The summed E-state index contributed by atoms with van der Waals surface area (Å²) >= 11 is 0. The smallest absolute Gasteiger partial charge is 0.319 e. The number of para-hydroxylation sites is 1. The molecule has 0 saturated carbocycles. The van der Waals surface area contributed by atoms with E-state index >= 15 is 0 Å². The number of hydrogen-bond acceptors (Lipinski definition) is 5. The number of allylic oxidation sites excluding steroid dienone is 2. The van der Waals surface area contributed by atoms with Crippen LogP contribution < -0.4 is 5.73 Å². The molecule has 8 heteroatoms. The van der Waals surface area contributed by atoms with E-state index in [0.717, 1.165) is 4.90 Å². The highest BCUT2D eigenvalue weighted by molar-refractivity contribution is 5.75. The van der Waals surface area contributed by atoms with Crippen LogP contribution in [0.25, 0.3) is 0 Å². The van der Waals surface area contributed by atoms with Gasteiger partial charge in [-0.05, 0) is 13.8 Å². The van der Waals surface area contributed by atoms with E-state index in [0.29, 0.717) is 11.3 Å². The highest BCUT2D eigenvalue weighted by atomic mass is 16.6. The molecule has 1 aliphatic rings. The van der Waals surface area contributed by atoms with Gasteiger partial charge in [-0.2, -0.15) is 5.26 Å². The minimum atomic E-state index is -1.28. The topological polar surface area (TPSA) is 133 Å². The Morgan fingerprint density at radius 2 is 2.17 bits per heavy atom. The van der Waals surface area contributed by atoms with Crippen LogP contribution >= 0.6 is 0 Å². The van der Waals surface area contributed by atoms with Gasteiger partial charge in [-0.15, -0.1) is 0 Å². The van der Waals surface area contributed by atoms with Crippen LogP contribution in [0.3, 0.4) is 0 Å². The van der Waals surface area contributed by atoms with Crippen molar-refractivity contribution in [1.82, 2.24) is 4.90 Å². The van der Waals surface area contributed by atoms with E-state index in [1.54, 1.807) is 38.1 Å². The molecular weight excluding hydrogens is 312 g/mol. The summed E-state index contributed by atoms with van der Waals surface area (Å²) in [5, 5.41) is 30.9. The quantitative estimate of drug-likeness (QED) is 0.644. The fourth-order valence-corrected chi connectivity index (χ4v) is 3.29. The minimum absolute atomic E-state index is 0.114. The molecule has 0 saturated heterocycles. The maximum atomic E-state index is 11.7. The molecule has 0 aliphatic carbocycles. The van der Waals surface area contributed by atoms with Crippen molar-refractivity contribution in [2.75, 3.05) is 6.61 Å². The molecule has 0 fully saturated rings. The normalized spacial score (nSPS) is 26.4. The van der Waals surface area contributed by atoms with Gasteiger partial charge in [0.15, 0.2) is 0 Å². The molecular formula is C16H18N4O4. The number of urea groups is 1. The van der Waals surface area contributed by atoms with E-state index in [1.807, 2.05) is 0 Å². The number of carbonyl (C=O) groups is 1. The Bertz CT molecular complexity index is 755. The molecule has 0 bridgehead atoms. The van der Waals surface area contributed by atoms with Crippen LogP contribution in [-0.2, 0) is 0 Å². The number of aliphatic hydroxyl groups excluding tert-OH is 1. The third kappa shape index (κ3) is 2.59. The van der Waals surface area contributed by atoms with Gasteiger partial charge in [-0.3, -0.25) is 15.0 Å². The average Bonchev–Trinajstić information content (AvgIpc) is 2.55. The molecule has 1 aliphatic heterocycles. The lowest BCUT2D eigenvalue weighted by Gasteiger charge is -2.46. The number of rotatable bonds is 3. The lowest BCUT2D eigenvalue weighted by atomic mass is 9.66. The van der Waals surface area contributed by atoms with E-state index < -0.39 is 34.9 Å². The highest BCUT2D eigenvalue weighted by Gasteiger charge is 2.50. The Labute approximate surface area is 138 Å². The van der Waals surface area contributed by atoms with Crippen LogP contribution in [-0.4, -0.2) is 33.6 Å². The molecule has 0 spiro atoms. The van der Waals surface area contributed by atoms with E-state index in [-0.39, 0.29) is 5.69 Å². The van der Waals surface area contributed by atoms with E-state index in [9.17, 15) is 25.3 Å². The molecule has 3 unspecified atom stereocenters. The van der Waals surface area contributed by atoms with Gasteiger partial charge in [0.25, 0.3) is 5.69 Å². The molecule has 1 aromatic rings. The molecule has 24 heavy (non-hydrogen) atoms. The second kappa shape index (κ2) is 6.29. The maximum Gasteiger partial charge on any atom is 0.319 e. The Balaban J connectivity index is 2.72. The first-order chi connectivity index (χ1) is 11.3. The summed E-state index contributed by atoms with van der Waals surface area (Å²) in [7, 11) is 0. The Hall–Kier alpha value is -2.92. The van der Waals surface area contributed by atoms with Gasteiger partial charge in [-0.1, -0.05) is 24.3 Å². The van der Waals surface area contributed by atoms with Gasteiger partial charge in [0.1, 0.15) is 0 Å². The number of benzene rings is 1. The van der Waals surface area contributed by atoms with Crippen LogP contribution in [0.1, 0.15) is 25.3 Å². The molecule has 3 N–H and O–H groups in total. The number of nitro groups is 1. The SMILES string of the molecule is CC1=CC(c2ccccc2[N+](=O)[O-])C(C)(C#N)C(CO)N1C(N)=O. The number of primary amides is 1. The monoisotopic (exact) mass is 330 g/mol. The van der Waals surface area contributed by atoms with Gasteiger partial charge in [0.05, 0.1) is 29.1 Å². The van der Waals surface area contributed by atoms with Gasteiger partial charge < -0.3 is 10.8 Å². The van der Waals surface area contributed by atoms with Crippen LogP contribution in [0.15, 0.2) is 36.0 Å². The summed E-state index contributed by atoms with van der Waals surface area (Å²) in [6, 6.07) is 6.57. The van der Waals surface area contributed by atoms with Crippen LogP contribution in [0.2, 0.25) is 0 Å². The zero-order valence-electron chi connectivity index (χ0n) is 13.3. The van der Waals surface area contributed by atoms with Crippen molar-refractivity contribution < 1.29 is 14.8 Å². The number of nitro benzene ring substituents is 1. The molecule has 1 aromatic carbocycles. The van der Waals surface area contributed by atoms with Crippen molar-refractivity contribution in [1.29, 1.82) is 5.26 Å². The first kappa shape index (κ1) is 17.4. The lowest BCUT2D eigenvalue weighted by molar-refractivity contribution is -0.385. The number of nitrogens with zero attached hydrogens (tertiary/aromatic N) is 3. The number of nitrogens with two attached hydrogens (primary N) is 1. The summed E-state index contributed by atoms with van der Waals surface area (Å²) in [5.74, 6) is -0.670. The molecule has 8 nitrogen and oxygen atoms in total. The summed E-state index contributed by atoms with van der Waals surface area (Å²) < 4.78 is 0. The number of nitriles is 1. The largest absolute Gasteiger partial charge is 0.394 e. The van der Waals surface area contributed by atoms with Crippen LogP contribution in [0.4, 0.5) is 10.5 Å². The lowest BCUT2D eigenvalue weighted by Crippen LogP contribution is -2.56. The molecule has 126 valence electrons. The van der Waals surface area contributed by atoms with Gasteiger partial charge in [-0.25, -0.2) is 4.79 Å². The van der Waals surface area contributed by atoms with Crippen LogP contribution in [0, 0.1) is 26.9 Å². The first-order valence-electron chi connectivity index (χ1n) is 7.30. The predicted octanol–water partition coefficient (Wildman–Crippen LogP) is 1.87. The van der Waals surface area contributed by atoms with Crippen molar-refractivity contribution >= 4 is 11.7 Å². The number of carbonyl (C=O) groups excluding carboxylic acids is 1. The first-order valence-corrected chi connectivity index (χ1v) is 7.30. The van der Waals surface area contributed by atoms with Crippen molar-refractivity contribution in [3.8, 4) is 6.07 Å². The summed E-state index contributed by atoms with van der Waals surface area (Å²) in [6.07, 6.45) is 1.61. The number of aliphatic hydroxyl groups is 1. The summed E-state index contributed by atoms with van der Waals surface area (Å²) in [5.41, 5.74) is 4.78. The number of hydrogen-bond donors (Lipinski definition) is 2. The van der Waals surface area contributed by atoms with Crippen molar-refractivity contribution in [2.45, 2.75) is 25.8 Å². The zero-order valence-corrected chi connectivity index (χ0v) is 13.3. The van der Waals surface area contributed by atoms with Gasteiger partial charge in [0.2, 0.25) is 0 Å². The molecule has 2 rings (SSSR count). The predicted molar refractivity (Wildman–Crippen MR) is 85.6 cm³/mol. The second-order valence-electron chi connectivity index (χ2n) is 5.90. The average molecular weight is 330 g/mol. The Morgan fingerprint density at radius 3 is 2.67 bits per heavy atom. The molecule has 0 radical (unpaired) electrons. The standard InChI is InChI=1S/C16H18N4O4/c1-10-7-12(11-5-3-4-6-13(11)20(23)24)16(2,9-17)14(8-21)19(10)15(18)22/h3-7,12,14,21H,8H2,1-2H3,(H2,18,22). The van der Waals surface area contributed by atoms with Crippen molar-refractivity contribution in [3.05, 3.63) is 51.7 Å². The summed E-state index contributed by atoms with van der Waals surface area (Å²) in [4.78, 5) is 23.7. The van der Waals surface area contributed by atoms with E-state index in [4.69, 9.17) is 5.73 Å². The minimum Gasteiger partial charge on any atom is -0.394 e. The van der Waals surface area contributed by atoms with Crippen molar-refractivity contribution in [2.24, 2.45) is 11.1 Å². The molecule has 3 atom stereocenters. The fraction of sp³-hybridized carbons (Fsp3) is 0.375. The third-order valence-electron chi connectivity index (χ3n) is 4.56. The molecule has 1 heterocycles.